The number of ether oxygens (including phenoxy) is 1. The second kappa shape index (κ2) is 6.31. The summed E-state index contributed by atoms with van der Waals surface area (Å²) in [5, 5.41) is 10.8. The van der Waals surface area contributed by atoms with Crippen molar-refractivity contribution >= 4 is 5.97 Å². The molecule has 0 spiro atoms. The molecule has 128 valence electrons. The van der Waals surface area contributed by atoms with E-state index >= 15 is 0 Å². The molecule has 0 fully saturated rings. The minimum atomic E-state index is -0.478. The number of phenols is 1. The summed E-state index contributed by atoms with van der Waals surface area (Å²) >= 11 is 0. The van der Waals surface area contributed by atoms with Crippen LogP contribution >= 0.6 is 0 Å². The van der Waals surface area contributed by atoms with Crippen molar-refractivity contribution in [2.45, 2.75) is 52.4 Å². The molecule has 1 N–H and O–H groups in total. The number of hydrogen-bond acceptors (Lipinski definition) is 3. The van der Waals surface area contributed by atoms with E-state index in [1.165, 1.54) is 0 Å². The molecule has 0 unspecified atom stereocenters. The van der Waals surface area contributed by atoms with Crippen molar-refractivity contribution in [3.63, 3.8) is 0 Å². The van der Waals surface area contributed by atoms with Gasteiger partial charge in [0, 0.05) is 5.56 Å². The first-order valence-corrected chi connectivity index (χ1v) is 8.16. The Balaban J connectivity index is 2.48. The number of carbonyl (C=O) groups excluding carboxylic acids is 1. The zero-order valence-electron chi connectivity index (χ0n) is 15.3. The van der Waals surface area contributed by atoms with E-state index < -0.39 is 5.97 Å². The Labute approximate surface area is 144 Å². The minimum Gasteiger partial charge on any atom is -0.504 e. The second-order valence-electron chi connectivity index (χ2n) is 8.09. The Hall–Kier alpha value is -2.29. The number of esters is 1. The number of carbonyl (C=O) groups is 1. The molecule has 2 aromatic rings. The zero-order valence-corrected chi connectivity index (χ0v) is 15.3. The van der Waals surface area contributed by atoms with Gasteiger partial charge in [-0.05, 0) is 34.6 Å². The summed E-state index contributed by atoms with van der Waals surface area (Å²) in [7, 11) is 0. The monoisotopic (exact) mass is 326 g/mol. The molecule has 3 nitrogen and oxygen atoms in total. The smallest absolute Gasteiger partial charge is 0.343 e. The highest BCUT2D eigenvalue weighted by molar-refractivity contribution is 5.91. The summed E-state index contributed by atoms with van der Waals surface area (Å²) in [6.45, 7) is 12.4. The van der Waals surface area contributed by atoms with Crippen LogP contribution in [-0.4, -0.2) is 11.1 Å². The van der Waals surface area contributed by atoms with Crippen molar-refractivity contribution in [3.8, 4) is 11.5 Å². The Bertz CT molecular complexity index is 732. The summed E-state index contributed by atoms with van der Waals surface area (Å²) in [6, 6.07) is 12.4. The highest BCUT2D eigenvalue weighted by atomic mass is 16.5. The van der Waals surface area contributed by atoms with E-state index in [1.807, 2.05) is 32.9 Å². The summed E-state index contributed by atoms with van der Waals surface area (Å²) in [6.07, 6.45) is 0. The molecule has 24 heavy (non-hydrogen) atoms. The molecule has 0 atom stereocenters. The first-order chi connectivity index (χ1) is 11.0. The fourth-order valence-corrected chi connectivity index (χ4v) is 2.77. The van der Waals surface area contributed by atoms with E-state index in [1.54, 1.807) is 30.3 Å². The number of rotatable bonds is 2. The van der Waals surface area contributed by atoms with Crippen molar-refractivity contribution in [2.75, 3.05) is 0 Å². The van der Waals surface area contributed by atoms with Crippen molar-refractivity contribution in [3.05, 3.63) is 59.2 Å². The van der Waals surface area contributed by atoms with E-state index in [9.17, 15) is 9.90 Å². The van der Waals surface area contributed by atoms with E-state index in [2.05, 4.69) is 20.8 Å². The summed E-state index contributed by atoms with van der Waals surface area (Å²) in [5.41, 5.74) is 1.92. The Morgan fingerprint density at radius 1 is 0.875 bits per heavy atom. The van der Waals surface area contributed by atoms with Crippen LogP contribution in [0.1, 0.15) is 63.0 Å². The van der Waals surface area contributed by atoms with E-state index in [0.29, 0.717) is 5.56 Å². The van der Waals surface area contributed by atoms with E-state index in [-0.39, 0.29) is 22.3 Å². The topological polar surface area (TPSA) is 46.5 Å². The van der Waals surface area contributed by atoms with Crippen molar-refractivity contribution in [2.24, 2.45) is 0 Å². The van der Waals surface area contributed by atoms with Gasteiger partial charge in [-0.3, -0.25) is 0 Å². The molecule has 0 radical (unpaired) electrons. The van der Waals surface area contributed by atoms with Crippen LogP contribution in [0, 0.1) is 0 Å². The van der Waals surface area contributed by atoms with Gasteiger partial charge in [-0.15, -0.1) is 0 Å². The molecule has 3 heteroatoms. The zero-order chi connectivity index (χ0) is 18.1. The van der Waals surface area contributed by atoms with Gasteiger partial charge in [0.25, 0.3) is 0 Å². The number of phenolic OH excluding ortho intramolecular Hbond substituents is 1. The molecular weight excluding hydrogens is 300 g/mol. The van der Waals surface area contributed by atoms with Gasteiger partial charge in [-0.2, -0.15) is 0 Å². The van der Waals surface area contributed by atoms with Crippen molar-refractivity contribution in [1.29, 1.82) is 0 Å². The van der Waals surface area contributed by atoms with Crippen molar-refractivity contribution in [1.82, 2.24) is 0 Å². The van der Waals surface area contributed by atoms with E-state index in [4.69, 9.17) is 4.74 Å². The second-order valence-corrected chi connectivity index (χ2v) is 8.09. The first kappa shape index (κ1) is 18.1. The highest BCUT2D eigenvalue weighted by Gasteiger charge is 2.30. The standard InChI is InChI=1S/C21H26O3/c1-20(2,3)15-12-13-16(18(22)17(15)21(4,5)6)24-19(23)14-10-8-7-9-11-14/h7-13,22H,1-6H3. The average molecular weight is 326 g/mol. The third kappa shape index (κ3) is 3.78. The first-order valence-electron chi connectivity index (χ1n) is 8.16. The van der Waals surface area contributed by atoms with Crippen LogP contribution in [0.4, 0.5) is 0 Å². The lowest BCUT2D eigenvalue weighted by molar-refractivity contribution is 0.0729. The predicted molar refractivity (Wildman–Crippen MR) is 96.9 cm³/mol. The van der Waals surface area contributed by atoms with Gasteiger partial charge in [0.1, 0.15) is 0 Å². The van der Waals surface area contributed by atoms with Crippen LogP contribution in [0.2, 0.25) is 0 Å². The van der Waals surface area contributed by atoms with Gasteiger partial charge in [0.05, 0.1) is 5.56 Å². The van der Waals surface area contributed by atoms with Crippen LogP contribution in [0.3, 0.4) is 0 Å². The number of aromatic hydroxyl groups is 1. The lowest BCUT2D eigenvalue weighted by Gasteiger charge is -2.31. The van der Waals surface area contributed by atoms with Crippen LogP contribution in [-0.2, 0) is 10.8 Å². The third-order valence-electron chi connectivity index (χ3n) is 3.91. The summed E-state index contributed by atoms with van der Waals surface area (Å²) < 4.78 is 5.45. The van der Waals surface area contributed by atoms with Gasteiger partial charge in [0.2, 0.25) is 0 Å². The Morgan fingerprint density at radius 2 is 1.46 bits per heavy atom. The fraction of sp³-hybridized carbons (Fsp3) is 0.381. The molecule has 2 rings (SSSR count). The van der Waals surface area contributed by atoms with Crippen LogP contribution < -0.4 is 4.74 Å². The lowest BCUT2D eigenvalue weighted by Crippen LogP contribution is -2.22. The van der Waals surface area contributed by atoms with Gasteiger partial charge in [-0.25, -0.2) is 4.79 Å². The van der Waals surface area contributed by atoms with Gasteiger partial charge < -0.3 is 9.84 Å². The maximum atomic E-state index is 12.3. The fourth-order valence-electron chi connectivity index (χ4n) is 2.77. The molecule has 0 aliphatic rings. The molecule has 0 aliphatic heterocycles. The molecule has 2 aromatic carbocycles. The SMILES string of the molecule is CC(C)(C)c1ccc(OC(=O)c2ccccc2)c(O)c1C(C)(C)C. The predicted octanol–water partition coefficient (Wildman–Crippen LogP) is 5.21. The summed E-state index contributed by atoms with van der Waals surface area (Å²) in [5.74, 6) is -0.241. The average Bonchev–Trinajstić information content (AvgIpc) is 2.47. The maximum absolute atomic E-state index is 12.3. The maximum Gasteiger partial charge on any atom is 0.343 e. The lowest BCUT2D eigenvalue weighted by atomic mass is 9.74. The summed E-state index contributed by atoms with van der Waals surface area (Å²) in [4.78, 5) is 12.3. The molecule has 0 saturated heterocycles. The van der Waals surface area contributed by atoms with Crippen LogP contribution in [0.25, 0.3) is 0 Å². The molecule has 0 amide bonds. The third-order valence-corrected chi connectivity index (χ3v) is 3.91. The van der Waals surface area contributed by atoms with Gasteiger partial charge in [-0.1, -0.05) is 65.8 Å². The molecular formula is C21H26O3. The quantitative estimate of drug-likeness (QED) is 0.609. The van der Waals surface area contributed by atoms with Crippen LogP contribution in [0.5, 0.6) is 11.5 Å². The van der Waals surface area contributed by atoms with E-state index in [0.717, 1.165) is 11.1 Å². The largest absolute Gasteiger partial charge is 0.504 e. The Kier molecular flexibility index (Phi) is 4.75. The molecule has 0 heterocycles. The molecule has 0 aliphatic carbocycles. The molecule has 0 saturated carbocycles. The Morgan fingerprint density at radius 3 is 1.96 bits per heavy atom. The number of benzene rings is 2. The van der Waals surface area contributed by atoms with Gasteiger partial charge >= 0.3 is 5.97 Å². The van der Waals surface area contributed by atoms with Gasteiger partial charge in [0.15, 0.2) is 11.5 Å². The van der Waals surface area contributed by atoms with Crippen molar-refractivity contribution < 1.29 is 14.6 Å². The van der Waals surface area contributed by atoms with Crippen LogP contribution in [0.15, 0.2) is 42.5 Å². The molecule has 0 aromatic heterocycles. The molecule has 0 bridgehead atoms. The number of hydrogen-bond donors (Lipinski definition) is 1. The normalized spacial score (nSPS) is 12.1. The highest BCUT2D eigenvalue weighted by Crippen LogP contribution is 2.44. The minimum absolute atomic E-state index is 0.0409.